The molecular formula is C15H21N5. The van der Waals surface area contributed by atoms with Crippen LogP contribution in [-0.2, 0) is 6.42 Å². The molecule has 1 aromatic carbocycles. The smallest absolute Gasteiger partial charge is 0.229 e. The van der Waals surface area contributed by atoms with Crippen LogP contribution in [0.3, 0.4) is 0 Å². The number of benzene rings is 1. The summed E-state index contributed by atoms with van der Waals surface area (Å²) in [6, 6.07) is 8.07. The van der Waals surface area contributed by atoms with E-state index in [0.717, 1.165) is 24.2 Å². The van der Waals surface area contributed by atoms with Crippen molar-refractivity contribution in [1.82, 2.24) is 14.9 Å². The molecule has 1 heterocycles. The van der Waals surface area contributed by atoms with Crippen LogP contribution in [-0.4, -0.2) is 35.5 Å². The van der Waals surface area contributed by atoms with Crippen LogP contribution in [0.5, 0.6) is 0 Å². The molecule has 106 valence electrons. The van der Waals surface area contributed by atoms with E-state index < -0.39 is 0 Å². The summed E-state index contributed by atoms with van der Waals surface area (Å²) in [5.74, 6) is 1.07. The van der Waals surface area contributed by atoms with Crippen molar-refractivity contribution in [3.63, 3.8) is 0 Å². The van der Waals surface area contributed by atoms with Crippen molar-refractivity contribution < 1.29 is 0 Å². The molecule has 0 aliphatic carbocycles. The Morgan fingerprint density at radius 1 is 1.20 bits per heavy atom. The van der Waals surface area contributed by atoms with Gasteiger partial charge in [-0.15, -0.1) is 0 Å². The third-order valence-corrected chi connectivity index (χ3v) is 3.03. The summed E-state index contributed by atoms with van der Waals surface area (Å²) < 4.78 is 0. The van der Waals surface area contributed by atoms with Gasteiger partial charge >= 0.3 is 0 Å². The molecule has 5 heteroatoms. The maximum Gasteiger partial charge on any atom is 0.229 e. The van der Waals surface area contributed by atoms with Gasteiger partial charge in [-0.25, -0.2) is 4.98 Å². The number of rotatable bonds is 5. The van der Waals surface area contributed by atoms with E-state index >= 15 is 0 Å². The Bertz CT molecular complexity index is 563. The predicted molar refractivity (Wildman–Crippen MR) is 83.2 cm³/mol. The van der Waals surface area contributed by atoms with Crippen LogP contribution in [0.15, 0.2) is 30.5 Å². The molecule has 5 nitrogen and oxygen atoms in total. The summed E-state index contributed by atoms with van der Waals surface area (Å²) in [6.45, 7) is 2.98. The number of hydrogen-bond acceptors (Lipinski definition) is 5. The highest BCUT2D eigenvalue weighted by Crippen LogP contribution is 2.16. The van der Waals surface area contributed by atoms with E-state index in [1.807, 2.05) is 38.4 Å². The Hall–Kier alpha value is -2.14. The van der Waals surface area contributed by atoms with Crippen LogP contribution < -0.4 is 11.1 Å². The normalized spacial score (nSPS) is 10.8. The van der Waals surface area contributed by atoms with Crippen LogP contribution in [0.1, 0.15) is 11.1 Å². The van der Waals surface area contributed by atoms with Crippen LogP contribution in [0, 0.1) is 6.92 Å². The highest BCUT2D eigenvalue weighted by molar-refractivity contribution is 5.55. The molecule has 3 N–H and O–H groups in total. The SMILES string of the molecule is Cc1ccc(Nc2ncc(CCN(C)C)c(N)n2)cc1. The highest BCUT2D eigenvalue weighted by Gasteiger charge is 2.05. The lowest BCUT2D eigenvalue weighted by molar-refractivity contribution is 0.413. The molecular weight excluding hydrogens is 250 g/mol. The van der Waals surface area contributed by atoms with Crippen LogP contribution in [0.4, 0.5) is 17.5 Å². The lowest BCUT2D eigenvalue weighted by Crippen LogP contribution is -2.16. The average molecular weight is 271 g/mol. The molecule has 0 spiro atoms. The summed E-state index contributed by atoms with van der Waals surface area (Å²) in [5.41, 5.74) is 9.13. The molecule has 1 aromatic heterocycles. The number of hydrogen-bond donors (Lipinski definition) is 2. The largest absolute Gasteiger partial charge is 0.383 e. The lowest BCUT2D eigenvalue weighted by Gasteiger charge is -2.11. The monoisotopic (exact) mass is 271 g/mol. The van der Waals surface area contributed by atoms with Crippen molar-refractivity contribution in [2.24, 2.45) is 0 Å². The van der Waals surface area contributed by atoms with Gasteiger partial charge in [0.2, 0.25) is 5.95 Å². The van der Waals surface area contributed by atoms with Crippen LogP contribution in [0.2, 0.25) is 0 Å². The molecule has 0 saturated carbocycles. The first-order valence-electron chi connectivity index (χ1n) is 6.64. The number of nitrogens with zero attached hydrogens (tertiary/aromatic N) is 3. The van der Waals surface area contributed by atoms with Gasteiger partial charge in [0.1, 0.15) is 5.82 Å². The quantitative estimate of drug-likeness (QED) is 0.872. The average Bonchev–Trinajstić information content (AvgIpc) is 2.40. The van der Waals surface area contributed by atoms with Crippen molar-refractivity contribution in [3.8, 4) is 0 Å². The van der Waals surface area contributed by atoms with Crippen LogP contribution >= 0.6 is 0 Å². The Morgan fingerprint density at radius 3 is 2.50 bits per heavy atom. The van der Waals surface area contributed by atoms with Gasteiger partial charge in [-0.05, 0) is 39.6 Å². The lowest BCUT2D eigenvalue weighted by atomic mass is 10.2. The zero-order valence-corrected chi connectivity index (χ0v) is 12.2. The third-order valence-electron chi connectivity index (χ3n) is 3.03. The van der Waals surface area contributed by atoms with Crippen LogP contribution in [0.25, 0.3) is 0 Å². The molecule has 0 atom stereocenters. The highest BCUT2D eigenvalue weighted by atomic mass is 15.1. The Kier molecular flexibility index (Phi) is 4.53. The van der Waals surface area contributed by atoms with Gasteiger partial charge in [0, 0.05) is 24.0 Å². The molecule has 0 aliphatic rings. The van der Waals surface area contributed by atoms with Gasteiger partial charge < -0.3 is 16.0 Å². The Balaban J connectivity index is 2.06. The number of nitrogens with two attached hydrogens (primary N) is 1. The molecule has 0 fully saturated rings. The van der Waals surface area contributed by atoms with Gasteiger partial charge in [0.25, 0.3) is 0 Å². The van der Waals surface area contributed by atoms with Crippen molar-refractivity contribution in [2.75, 3.05) is 31.7 Å². The number of aromatic nitrogens is 2. The first-order chi connectivity index (χ1) is 9.54. The van der Waals surface area contributed by atoms with Crippen molar-refractivity contribution in [3.05, 3.63) is 41.6 Å². The second-order valence-electron chi connectivity index (χ2n) is 5.15. The number of nitrogens with one attached hydrogen (secondary N) is 1. The van der Waals surface area contributed by atoms with Crippen molar-refractivity contribution in [2.45, 2.75) is 13.3 Å². The van der Waals surface area contributed by atoms with Gasteiger partial charge in [0.05, 0.1) is 0 Å². The summed E-state index contributed by atoms with van der Waals surface area (Å²) in [7, 11) is 4.06. The summed E-state index contributed by atoms with van der Waals surface area (Å²) in [5, 5.41) is 3.15. The summed E-state index contributed by atoms with van der Waals surface area (Å²) in [4.78, 5) is 10.7. The minimum absolute atomic E-state index is 0.528. The fourth-order valence-electron chi connectivity index (χ4n) is 1.78. The molecule has 0 unspecified atom stereocenters. The predicted octanol–water partition coefficient (Wildman–Crippen LogP) is 2.21. The van der Waals surface area contributed by atoms with Gasteiger partial charge in [-0.3, -0.25) is 0 Å². The maximum atomic E-state index is 5.98. The molecule has 0 amide bonds. The summed E-state index contributed by atoms with van der Waals surface area (Å²) in [6.07, 6.45) is 2.64. The van der Waals surface area contributed by atoms with Crippen molar-refractivity contribution in [1.29, 1.82) is 0 Å². The molecule has 0 bridgehead atoms. The third kappa shape index (κ3) is 3.93. The number of aryl methyl sites for hydroxylation is 1. The molecule has 2 aromatic rings. The zero-order valence-electron chi connectivity index (χ0n) is 12.2. The van der Waals surface area contributed by atoms with E-state index in [1.165, 1.54) is 5.56 Å². The van der Waals surface area contributed by atoms with Gasteiger partial charge in [-0.2, -0.15) is 4.98 Å². The fourth-order valence-corrected chi connectivity index (χ4v) is 1.78. The van der Waals surface area contributed by atoms with Gasteiger partial charge in [-0.1, -0.05) is 17.7 Å². The molecule has 0 aliphatic heterocycles. The van der Waals surface area contributed by atoms with E-state index in [4.69, 9.17) is 5.73 Å². The molecule has 0 saturated heterocycles. The topological polar surface area (TPSA) is 67.1 Å². The second kappa shape index (κ2) is 6.34. The molecule has 2 rings (SSSR count). The molecule has 0 radical (unpaired) electrons. The standard InChI is InChI=1S/C15H21N5/c1-11-4-6-13(7-5-11)18-15-17-10-12(14(16)19-15)8-9-20(2)3/h4-7,10H,8-9H2,1-3H3,(H3,16,17,18,19). The second-order valence-corrected chi connectivity index (χ2v) is 5.15. The van der Waals surface area contributed by atoms with E-state index in [-0.39, 0.29) is 0 Å². The van der Waals surface area contributed by atoms with E-state index in [0.29, 0.717) is 11.8 Å². The minimum atomic E-state index is 0.528. The fraction of sp³-hybridized carbons (Fsp3) is 0.333. The number of anilines is 3. The first kappa shape index (κ1) is 14.3. The van der Waals surface area contributed by atoms with Crippen molar-refractivity contribution >= 4 is 17.5 Å². The zero-order chi connectivity index (χ0) is 14.5. The van der Waals surface area contributed by atoms with E-state index in [9.17, 15) is 0 Å². The van der Waals surface area contributed by atoms with E-state index in [1.54, 1.807) is 6.20 Å². The number of likely N-dealkylation sites (N-methyl/N-ethyl adjacent to an activating group) is 1. The maximum absolute atomic E-state index is 5.98. The minimum Gasteiger partial charge on any atom is -0.383 e. The Labute approximate surface area is 119 Å². The Morgan fingerprint density at radius 2 is 1.90 bits per heavy atom. The van der Waals surface area contributed by atoms with Gasteiger partial charge in [0.15, 0.2) is 0 Å². The first-order valence-corrected chi connectivity index (χ1v) is 6.64. The summed E-state index contributed by atoms with van der Waals surface area (Å²) >= 11 is 0. The van der Waals surface area contributed by atoms with E-state index in [2.05, 4.69) is 27.1 Å². The number of nitrogen functional groups attached to an aromatic ring is 1. The molecule has 20 heavy (non-hydrogen) atoms.